The van der Waals surface area contributed by atoms with Gasteiger partial charge in [-0.05, 0) is 24.3 Å². The maximum atomic E-state index is 12.5. The molecule has 0 aliphatic heterocycles. The zero-order valence-electron chi connectivity index (χ0n) is 11.1. The van der Waals surface area contributed by atoms with Crippen molar-refractivity contribution in [1.29, 1.82) is 0 Å². The molecule has 0 aliphatic carbocycles. The van der Waals surface area contributed by atoms with Gasteiger partial charge in [0.1, 0.15) is 6.26 Å². The number of aromatic nitrogens is 1. The summed E-state index contributed by atoms with van der Waals surface area (Å²) in [7, 11) is 1.19. The van der Waals surface area contributed by atoms with Gasteiger partial charge in [-0.1, -0.05) is 23.7 Å². The Bertz CT molecular complexity index is 718. The van der Waals surface area contributed by atoms with Gasteiger partial charge >= 0.3 is 5.97 Å². The van der Waals surface area contributed by atoms with Crippen molar-refractivity contribution in [1.82, 2.24) is 4.57 Å². The van der Waals surface area contributed by atoms with Crippen molar-refractivity contribution in [3.63, 3.8) is 0 Å². The van der Waals surface area contributed by atoms with Crippen LogP contribution >= 0.6 is 11.6 Å². The molecular weight excluding hydrogens is 294 g/mol. The SMILES string of the molecule is COC(=O)C(=CO)n1cccc1C(=O)c1cccc(Cl)c1. The first-order valence-corrected chi connectivity index (χ1v) is 6.37. The third-order valence-corrected chi connectivity index (χ3v) is 3.08. The van der Waals surface area contributed by atoms with Crippen molar-refractivity contribution in [2.24, 2.45) is 0 Å². The van der Waals surface area contributed by atoms with E-state index in [1.807, 2.05) is 0 Å². The summed E-state index contributed by atoms with van der Waals surface area (Å²) in [6.07, 6.45) is 2.08. The molecule has 2 rings (SSSR count). The average Bonchev–Trinajstić information content (AvgIpc) is 2.96. The fourth-order valence-electron chi connectivity index (χ4n) is 1.87. The number of benzene rings is 1. The molecule has 2 aromatic rings. The number of halogens is 1. The van der Waals surface area contributed by atoms with E-state index in [0.717, 1.165) is 0 Å². The van der Waals surface area contributed by atoms with Crippen LogP contribution in [-0.4, -0.2) is 28.5 Å². The number of rotatable bonds is 4. The van der Waals surface area contributed by atoms with Gasteiger partial charge in [0.2, 0.25) is 5.78 Å². The van der Waals surface area contributed by atoms with Crippen LogP contribution in [0.2, 0.25) is 5.02 Å². The van der Waals surface area contributed by atoms with E-state index in [4.69, 9.17) is 11.6 Å². The summed E-state index contributed by atoms with van der Waals surface area (Å²) in [5, 5.41) is 9.64. The van der Waals surface area contributed by atoms with E-state index in [1.54, 1.807) is 24.3 Å². The first-order chi connectivity index (χ1) is 10.1. The molecular formula is C15H12ClNO4. The average molecular weight is 306 g/mol. The highest BCUT2D eigenvalue weighted by Gasteiger charge is 2.20. The van der Waals surface area contributed by atoms with Gasteiger partial charge in [0.05, 0.1) is 12.8 Å². The predicted molar refractivity (Wildman–Crippen MR) is 78.2 cm³/mol. The number of ketones is 1. The van der Waals surface area contributed by atoms with Crippen LogP contribution in [0.3, 0.4) is 0 Å². The van der Waals surface area contributed by atoms with Gasteiger partial charge in [0.15, 0.2) is 5.70 Å². The standard InChI is InChI=1S/C15H12ClNO4/c1-21-15(20)13(9-18)17-7-3-6-12(17)14(19)10-4-2-5-11(16)8-10/h2-9,18H,1H3. The number of esters is 1. The Kier molecular flexibility index (Phi) is 4.45. The highest BCUT2D eigenvalue weighted by atomic mass is 35.5. The van der Waals surface area contributed by atoms with Crippen LogP contribution in [0, 0.1) is 0 Å². The number of hydrogen-bond donors (Lipinski definition) is 1. The van der Waals surface area contributed by atoms with Crippen LogP contribution in [0.25, 0.3) is 5.70 Å². The minimum absolute atomic E-state index is 0.159. The van der Waals surface area contributed by atoms with E-state index in [2.05, 4.69) is 4.74 Å². The fraction of sp³-hybridized carbons (Fsp3) is 0.0667. The van der Waals surface area contributed by atoms with E-state index in [1.165, 1.54) is 30.0 Å². The molecule has 0 spiro atoms. The second kappa shape index (κ2) is 6.28. The number of nitrogens with zero attached hydrogens (tertiary/aromatic N) is 1. The fourth-order valence-corrected chi connectivity index (χ4v) is 2.06. The highest BCUT2D eigenvalue weighted by molar-refractivity contribution is 6.31. The van der Waals surface area contributed by atoms with Gasteiger partial charge in [0, 0.05) is 16.8 Å². The Morgan fingerprint density at radius 1 is 1.29 bits per heavy atom. The molecule has 6 heteroatoms. The lowest BCUT2D eigenvalue weighted by atomic mass is 10.1. The lowest BCUT2D eigenvalue weighted by Crippen LogP contribution is -2.15. The molecule has 1 N–H and O–H groups in total. The molecule has 1 aromatic carbocycles. The minimum atomic E-state index is -0.756. The van der Waals surface area contributed by atoms with Crippen molar-refractivity contribution in [3.8, 4) is 0 Å². The van der Waals surface area contributed by atoms with Crippen LogP contribution < -0.4 is 0 Å². The molecule has 0 unspecified atom stereocenters. The summed E-state index contributed by atoms with van der Waals surface area (Å²) in [5.41, 5.74) is 0.431. The zero-order chi connectivity index (χ0) is 15.4. The van der Waals surface area contributed by atoms with Crippen molar-refractivity contribution in [2.75, 3.05) is 7.11 Å². The van der Waals surface area contributed by atoms with Gasteiger partial charge < -0.3 is 14.4 Å². The maximum absolute atomic E-state index is 12.5. The van der Waals surface area contributed by atoms with E-state index in [-0.39, 0.29) is 17.2 Å². The Balaban J connectivity index is 2.45. The van der Waals surface area contributed by atoms with Crippen LogP contribution in [0.15, 0.2) is 48.9 Å². The molecule has 0 fully saturated rings. The van der Waals surface area contributed by atoms with Crippen LogP contribution in [0.4, 0.5) is 0 Å². The van der Waals surface area contributed by atoms with E-state index < -0.39 is 5.97 Å². The van der Waals surface area contributed by atoms with Crippen LogP contribution in [0.1, 0.15) is 16.1 Å². The van der Waals surface area contributed by atoms with Gasteiger partial charge in [-0.15, -0.1) is 0 Å². The normalized spacial score (nSPS) is 11.2. The van der Waals surface area contributed by atoms with Crippen LogP contribution in [-0.2, 0) is 9.53 Å². The number of methoxy groups -OCH3 is 1. The molecule has 0 saturated carbocycles. The summed E-state index contributed by atoms with van der Waals surface area (Å²) < 4.78 is 5.83. The highest BCUT2D eigenvalue weighted by Crippen LogP contribution is 2.18. The molecule has 1 heterocycles. The Hall–Kier alpha value is -2.53. The minimum Gasteiger partial charge on any atom is -0.513 e. The van der Waals surface area contributed by atoms with Gasteiger partial charge in [-0.3, -0.25) is 4.79 Å². The molecule has 108 valence electrons. The molecule has 0 saturated heterocycles. The molecule has 0 radical (unpaired) electrons. The van der Waals surface area contributed by atoms with Gasteiger partial charge in [0.25, 0.3) is 0 Å². The monoisotopic (exact) mass is 305 g/mol. The largest absolute Gasteiger partial charge is 0.513 e. The first-order valence-electron chi connectivity index (χ1n) is 5.99. The molecule has 0 amide bonds. The predicted octanol–water partition coefficient (Wildman–Crippen LogP) is 2.90. The third-order valence-electron chi connectivity index (χ3n) is 2.84. The summed E-state index contributed by atoms with van der Waals surface area (Å²) in [5.74, 6) is -1.08. The molecule has 0 aliphatic rings. The maximum Gasteiger partial charge on any atom is 0.358 e. The Labute approximate surface area is 126 Å². The topological polar surface area (TPSA) is 68.5 Å². The summed E-state index contributed by atoms with van der Waals surface area (Å²) >= 11 is 5.87. The number of aliphatic hydroxyl groups excluding tert-OH is 1. The van der Waals surface area contributed by atoms with Crippen molar-refractivity contribution < 1.29 is 19.4 Å². The van der Waals surface area contributed by atoms with Crippen LogP contribution in [0.5, 0.6) is 0 Å². The summed E-state index contributed by atoms with van der Waals surface area (Å²) in [6.45, 7) is 0. The van der Waals surface area contributed by atoms with E-state index in [0.29, 0.717) is 16.8 Å². The Morgan fingerprint density at radius 3 is 2.67 bits per heavy atom. The lowest BCUT2D eigenvalue weighted by Gasteiger charge is -2.10. The second-order valence-electron chi connectivity index (χ2n) is 4.11. The molecule has 21 heavy (non-hydrogen) atoms. The van der Waals surface area contributed by atoms with Crippen molar-refractivity contribution in [2.45, 2.75) is 0 Å². The lowest BCUT2D eigenvalue weighted by molar-refractivity contribution is -0.134. The molecule has 0 bridgehead atoms. The molecule has 1 aromatic heterocycles. The third kappa shape index (κ3) is 2.98. The van der Waals surface area contributed by atoms with E-state index >= 15 is 0 Å². The zero-order valence-corrected chi connectivity index (χ0v) is 11.9. The summed E-state index contributed by atoms with van der Waals surface area (Å²) in [6, 6.07) is 9.59. The summed E-state index contributed by atoms with van der Waals surface area (Å²) in [4.78, 5) is 24.1. The number of hydrogen-bond acceptors (Lipinski definition) is 4. The number of ether oxygens (including phenoxy) is 1. The van der Waals surface area contributed by atoms with E-state index in [9.17, 15) is 14.7 Å². The number of carbonyl (C=O) groups excluding carboxylic acids is 2. The van der Waals surface area contributed by atoms with Gasteiger partial charge in [-0.25, -0.2) is 4.79 Å². The first kappa shape index (κ1) is 14.9. The smallest absolute Gasteiger partial charge is 0.358 e. The van der Waals surface area contributed by atoms with Gasteiger partial charge in [-0.2, -0.15) is 0 Å². The Morgan fingerprint density at radius 2 is 2.05 bits per heavy atom. The molecule has 0 atom stereocenters. The van der Waals surface area contributed by atoms with Crippen molar-refractivity contribution in [3.05, 3.63) is 65.1 Å². The number of carbonyl (C=O) groups is 2. The second-order valence-corrected chi connectivity index (χ2v) is 4.55. The quantitative estimate of drug-likeness (QED) is 0.408. The number of aliphatic hydroxyl groups is 1. The van der Waals surface area contributed by atoms with Crippen molar-refractivity contribution >= 4 is 29.1 Å². The molecule has 5 nitrogen and oxygen atoms in total.